The molecule has 152 valence electrons. The highest BCUT2D eigenvalue weighted by Gasteiger charge is 2.17. The zero-order valence-corrected chi connectivity index (χ0v) is 16.3. The van der Waals surface area contributed by atoms with E-state index >= 15 is 0 Å². The molecule has 2 aromatic heterocycles. The zero-order chi connectivity index (χ0) is 21.2. The van der Waals surface area contributed by atoms with Crippen LogP contribution < -0.4 is 5.32 Å². The quantitative estimate of drug-likeness (QED) is 0.434. The number of benzene rings is 3. The highest BCUT2D eigenvalue weighted by molar-refractivity contribution is 5.96. The molecule has 1 N–H and O–H groups in total. The molecular weight excluding hydrogens is 395 g/mol. The first-order chi connectivity index (χ1) is 15.2. The number of aromatic nitrogens is 3. The number of nitrogens with one attached hydrogen (secondary N) is 1. The second kappa shape index (κ2) is 7.87. The zero-order valence-electron chi connectivity index (χ0n) is 16.3. The first-order valence-corrected chi connectivity index (χ1v) is 9.70. The smallest absolute Gasteiger partial charge is 0.250 e. The molecular formula is C24H17FN4O2. The van der Waals surface area contributed by atoms with Crippen molar-refractivity contribution in [2.24, 2.45) is 0 Å². The fraction of sp³-hybridized carbons (Fsp3) is 0.0417. The van der Waals surface area contributed by atoms with E-state index in [9.17, 15) is 9.18 Å². The molecule has 0 radical (unpaired) electrons. The monoisotopic (exact) mass is 412 g/mol. The number of amides is 1. The third-order valence-electron chi connectivity index (χ3n) is 4.91. The van der Waals surface area contributed by atoms with E-state index in [1.54, 1.807) is 0 Å². The lowest BCUT2D eigenvalue weighted by molar-refractivity contribution is -0.116. The van der Waals surface area contributed by atoms with Gasteiger partial charge in [-0.1, -0.05) is 36.4 Å². The lowest BCUT2D eigenvalue weighted by atomic mass is 10.2. The van der Waals surface area contributed by atoms with E-state index < -0.39 is 0 Å². The molecule has 2 heterocycles. The third-order valence-corrected chi connectivity index (χ3v) is 4.91. The van der Waals surface area contributed by atoms with E-state index in [4.69, 9.17) is 4.42 Å². The molecule has 0 aliphatic heterocycles. The van der Waals surface area contributed by atoms with Gasteiger partial charge in [0.25, 0.3) is 0 Å². The molecule has 7 heteroatoms. The maximum absolute atomic E-state index is 13.1. The van der Waals surface area contributed by atoms with Crippen molar-refractivity contribution in [2.75, 3.05) is 5.32 Å². The minimum Gasteiger partial charge on any atom is -0.416 e. The average Bonchev–Trinajstić information content (AvgIpc) is 3.42. The number of rotatable bonds is 5. The number of hydrogen-bond donors (Lipinski definition) is 1. The fourth-order valence-corrected chi connectivity index (χ4v) is 3.47. The summed E-state index contributed by atoms with van der Waals surface area (Å²) in [6.45, 7) is 0.0809. The van der Waals surface area contributed by atoms with Gasteiger partial charge in [-0.3, -0.25) is 4.79 Å². The lowest BCUT2D eigenvalue weighted by Crippen LogP contribution is -2.18. The Labute approximate surface area is 177 Å². The molecule has 1 amide bonds. The molecule has 5 aromatic rings. The first kappa shape index (κ1) is 18.7. The van der Waals surface area contributed by atoms with Crippen LogP contribution in [0.5, 0.6) is 0 Å². The van der Waals surface area contributed by atoms with Gasteiger partial charge in [0.05, 0.1) is 5.56 Å². The maximum Gasteiger partial charge on any atom is 0.250 e. The van der Waals surface area contributed by atoms with E-state index in [-0.39, 0.29) is 18.3 Å². The summed E-state index contributed by atoms with van der Waals surface area (Å²) < 4.78 is 20.8. The van der Waals surface area contributed by atoms with Crippen LogP contribution in [0.3, 0.4) is 0 Å². The van der Waals surface area contributed by atoms with Crippen LogP contribution in [-0.4, -0.2) is 20.7 Å². The van der Waals surface area contributed by atoms with Crippen LogP contribution in [0.1, 0.15) is 0 Å². The molecule has 0 atom stereocenters. The number of para-hydroxylation sites is 1. The predicted molar refractivity (Wildman–Crippen MR) is 116 cm³/mol. The Morgan fingerprint density at radius 1 is 0.903 bits per heavy atom. The number of carbonyl (C=O) groups excluding carboxylic acids is 1. The molecule has 6 nitrogen and oxygen atoms in total. The van der Waals surface area contributed by atoms with E-state index in [0.717, 1.165) is 22.0 Å². The molecule has 0 aliphatic carbocycles. The highest BCUT2D eigenvalue weighted by atomic mass is 19.1. The Morgan fingerprint density at radius 2 is 1.61 bits per heavy atom. The Kier molecular flexibility index (Phi) is 4.76. The van der Waals surface area contributed by atoms with Crippen LogP contribution in [0, 0.1) is 5.82 Å². The topological polar surface area (TPSA) is 73.0 Å². The van der Waals surface area contributed by atoms with Crippen LogP contribution in [-0.2, 0) is 11.3 Å². The molecule has 0 saturated carbocycles. The summed E-state index contributed by atoms with van der Waals surface area (Å²) in [6, 6.07) is 22.9. The summed E-state index contributed by atoms with van der Waals surface area (Å²) in [4.78, 5) is 12.6. The Balaban J connectivity index is 1.45. The number of nitrogens with zero attached hydrogens (tertiary/aromatic N) is 3. The number of fused-ring (bicyclic) bond motifs is 1. The van der Waals surface area contributed by atoms with E-state index in [0.29, 0.717) is 17.5 Å². The van der Waals surface area contributed by atoms with Gasteiger partial charge in [-0.25, -0.2) is 4.39 Å². The summed E-state index contributed by atoms with van der Waals surface area (Å²) in [6.07, 6.45) is 1.83. The third kappa shape index (κ3) is 3.81. The van der Waals surface area contributed by atoms with Crippen molar-refractivity contribution in [1.82, 2.24) is 14.8 Å². The first-order valence-electron chi connectivity index (χ1n) is 9.70. The minimum atomic E-state index is -0.353. The van der Waals surface area contributed by atoms with Gasteiger partial charge in [0, 0.05) is 28.4 Å². The second-order valence-electron chi connectivity index (χ2n) is 7.02. The number of hydrogen-bond acceptors (Lipinski definition) is 4. The van der Waals surface area contributed by atoms with Gasteiger partial charge in [-0.2, -0.15) is 0 Å². The summed E-state index contributed by atoms with van der Waals surface area (Å²) in [7, 11) is 0. The molecule has 31 heavy (non-hydrogen) atoms. The SMILES string of the molecule is O=C(Cn1cc(-c2nnc(-c3ccccc3)o2)c2ccccc21)Nc1ccc(F)cc1. The van der Waals surface area contributed by atoms with Gasteiger partial charge in [0.1, 0.15) is 12.4 Å². The second-order valence-corrected chi connectivity index (χ2v) is 7.02. The fourth-order valence-electron chi connectivity index (χ4n) is 3.47. The summed E-state index contributed by atoms with van der Waals surface area (Å²) >= 11 is 0. The van der Waals surface area contributed by atoms with Crippen molar-refractivity contribution >= 4 is 22.5 Å². The average molecular weight is 412 g/mol. The van der Waals surface area contributed by atoms with Gasteiger partial charge in [-0.15, -0.1) is 10.2 Å². The molecule has 3 aromatic carbocycles. The van der Waals surface area contributed by atoms with Crippen LogP contribution >= 0.6 is 0 Å². The van der Waals surface area contributed by atoms with E-state index in [1.165, 1.54) is 24.3 Å². The molecule has 0 saturated heterocycles. The largest absolute Gasteiger partial charge is 0.416 e. The lowest BCUT2D eigenvalue weighted by Gasteiger charge is -2.07. The maximum atomic E-state index is 13.1. The van der Waals surface area contributed by atoms with Gasteiger partial charge < -0.3 is 14.3 Å². The molecule has 0 aliphatic rings. The number of carbonyl (C=O) groups is 1. The van der Waals surface area contributed by atoms with E-state index in [2.05, 4.69) is 15.5 Å². The predicted octanol–water partition coefficient (Wildman–Crippen LogP) is 5.14. The van der Waals surface area contributed by atoms with E-state index in [1.807, 2.05) is 65.4 Å². The summed E-state index contributed by atoms with van der Waals surface area (Å²) in [5.41, 5.74) is 2.99. The van der Waals surface area contributed by atoms with Crippen molar-refractivity contribution < 1.29 is 13.6 Å². The molecule has 0 spiro atoms. The van der Waals surface area contributed by atoms with Crippen LogP contribution in [0.15, 0.2) is 89.5 Å². The van der Waals surface area contributed by atoms with Crippen molar-refractivity contribution in [3.8, 4) is 22.9 Å². The highest BCUT2D eigenvalue weighted by Crippen LogP contribution is 2.31. The molecule has 0 bridgehead atoms. The standard InChI is InChI=1S/C24H17FN4O2/c25-17-10-12-18(13-11-17)26-22(30)15-29-14-20(19-8-4-5-9-21(19)29)24-28-27-23(31-24)16-6-2-1-3-7-16/h1-14H,15H2,(H,26,30). The summed E-state index contributed by atoms with van der Waals surface area (Å²) in [5, 5.41) is 12.1. The van der Waals surface area contributed by atoms with Gasteiger partial charge >= 0.3 is 0 Å². The molecule has 5 rings (SSSR count). The Bertz CT molecular complexity index is 1360. The normalized spacial score (nSPS) is 11.0. The van der Waals surface area contributed by atoms with Crippen LogP contribution in [0.25, 0.3) is 33.8 Å². The van der Waals surface area contributed by atoms with Crippen molar-refractivity contribution in [3.05, 3.63) is 90.9 Å². The summed E-state index contributed by atoms with van der Waals surface area (Å²) in [5.74, 6) is 0.233. The number of anilines is 1. The van der Waals surface area contributed by atoms with Crippen LogP contribution in [0.4, 0.5) is 10.1 Å². The minimum absolute atomic E-state index is 0.0809. The van der Waals surface area contributed by atoms with Crippen molar-refractivity contribution in [3.63, 3.8) is 0 Å². The molecule has 0 fully saturated rings. The van der Waals surface area contributed by atoms with Crippen molar-refractivity contribution in [1.29, 1.82) is 0 Å². The van der Waals surface area contributed by atoms with Crippen molar-refractivity contribution in [2.45, 2.75) is 6.54 Å². The Hall–Kier alpha value is -4.26. The Morgan fingerprint density at radius 3 is 2.42 bits per heavy atom. The molecule has 0 unspecified atom stereocenters. The van der Waals surface area contributed by atoms with Gasteiger partial charge in [-0.05, 0) is 42.5 Å². The van der Waals surface area contributed by atoms with Gasteiger partial charge in [0.15, 0.2) is 0 Å². The van der Waals surface area contributed by atoms with Crippen LogP contribution in [0.2, 0.25) is 0 Å². The number of halogens is 1. The van der Waals surface area contributed by atoms with Gasteiger partial charge in [0.2, 0.25) is 17.7 Å².